The number of hydrogen-bond acceptors (Lipinski definition) is 0. The summed E-state index contributed by atoms with van der Waals surface area (Å²) in [5.41, 5.74) is 11.1. The average Bonchev–Trinajstić information content (AvgIpc) is 3.75. The normalized spacial score (nSPS) is 24.4. The fourth-order valence-corrected chi connectivity index (χ4v) is 7.52. The number of halogens is 1. The summed E-state index contributed by atoms with van der Waals surface area (Å²) in [6.07, 6.45) is 19.4. The van der Waals surface area contributed by atoms with E-state index in [2.05, 4.69) is 146 Å². The van der Waals surface area contributed by atoms with Crippen LogP contribution in [0.2, 0.25) is 0 Å². The summed E-state index contributed by atoms with van der Waals surface area (Å²) < 4.78 is 0.863. The summed E-state index contributed by atoms with van der Waals surface area (Å²) in [4.78, 5) is 0. The molecule has 0 aliphatic heterocycles. The Balaban J connectivity index is 0.00000242. The molecular weight excluding hydrogens is 482 g/mol. The molecule has 0 bridgehead atoms. The molecule has 4 aliphatic rings. The number of rotatable bonds is 4. The molecule has 4 unspecified atom stereocenters. The molecule has 184 valence electrons. The quantitative estimate of drug-likeness (QED) is 0.301. The first-order chi connectivity index (χ1) is 18.4. The van der Waals surface area contributed by atoms with Gasteiger partial charge in [0.05, 0.1) is 0 Å². The molecule has 0 aromatic heterocycles. The zero-order valence-electron chi connectivity index (χ0n) is 21.0. The Morgan fingerprint density at radius 1 is 0.342 bits per heavy atom. The van der Waals surface area contributed by atoms with Gasteiger partial charge in [0.15, 0.2) is 0 Å². The van der Waals surface area contributed by atoms with Crippen LogP contribution >= 0.6 is 0 Å². The van der Waals surface area contributed by atoms with Crippen LogP contribution < -0.4 is 12.4 Å². The summed E-state index contributed by atoms with van der Waals surface area (Å²) in [6.45, 7) is 0. The third-order valence-corrected chi connectivity index (χ3v) is 9.02. The van der Waals surface area contributed by atoms with Crippen molar-refractivity contribution in [3.63, 3.8) is 0 Å². The molecule has 0 saturated carbocycles. The van der Waals surface area contributed by atoms with Crippen LogP contribution in [-0.2, 0) is 0 Å². The lowest BCUT2D eigenvalue weighted by Gasteiger charge is -2.54. The van der Waals surface area contributed by atoms with E-state index in [0.29, 0.717) is 0 Å². The Morgan fingerprint density at radius 3 is 0.842 bits per heavy atom. The van der Waals surface area contributed by atoms with Crippen LogP contribution in [0.3, 0.4) is 0 Å². The minimum atomic E-state index is 0. The fraction of sp³-hybridized carbons (Fsp3) is 0.111. The average molecular weight is 510 g/mol. The Bertz CT molecular complexity index is 1420. The SMILES string of the molecule is C1=CC([N+](C2C=Cc3ccccc32)(C2C=Cc3ccccc32)C2C=Cc3ccccc32)c2ccccc21.[Cl-]. The van der Waals surface area contributed by atoms with Crippen LogP contribution in [0.5, 0.6) is 0 Å². The van der Waals surface area contributed by atoms with Gasteiger partial charge in [-0.3, -0.25) is 4.48 Å². The lowest BCUT2D eigenvalue weighted by molar-refractivity contribution is -1.01. The van der Waals surface area contributed by atoms with Gasteiger partial charge in [0, 0.05) is 22.3 Å². The molecule has 38 heavy (non-hydrogen) atoms. The summed E-state index contributed by atoms with van der Waals surface area (Å²) >= 11 is 0. The molecule has 1 nitrogen and oxygen atoms in total. The molecule has 4 aromatic carbocycles. The molecule has 0 amide bonds. The highest BCUT2D eigenvalue weighted by Gasteiger charge is 2.57. The Labute approximate surface area is 230 Å². The van der Waals surface area contributed by atoms with E-state index < -0.39 is 0 Å². The minimum Gasteiger partial charge on any atom is -1.00 e. The zero-order chi connectivity index (χ0) is 24.4. The van der Waals surface area contributed by atoms with Crippen molar-refractivity contribution in [3.8, 4) is 0 Å². The molecular formula is C36H28ClN. The fourth-order valence-electron chi connectivity index (χ4n) is 7.52. The van der Waals surface area contributed by atoms with Crippen molar-refractivity contribution in [1.29, 1.82) is 0 Å². The first-order valence-electron chi connectivity index (χ1n) is 13.3. The van der Waals surface area contributed by atoms with Gasteiger partial charge in [0.25, 0.3) is 0 Å². The van der Waals surface area contributed by atoms with Crippen LogP contribution in [0.4, 0.5) is 0 Å². The number of nitrogens with zero attached hydrogens (tertiary/aromatic N) is 1. The maximum Gasteiger partial charge on any atom is 0.136 e. The molecule has 0 saturated heterocycles. The zero-order valence-corrected chi connectivity index (χ0v) is 21.7. The lowest BCUT2D eigenvalue weighted by atomic mass is 9.86. The van der Waals surface area contributed by atoms with E-state index in [1.54, 1.807) is 0 Å². The van der Waals surface area contributed by atoms with Gasteiger partial charge < -0.3 is 12.4 Å². The predicted molar refractivity (Wildman–Crippen MR) is 153 cm³/mol. The van der Waals surface area contributed by atoms with E-state index in [1.165, 1.54) is 44.5 Å². The van der Waals surface area contributed by atoms with Gasteiger partial charge in [0.1, 0.15) is 24.2 Å². The third-order valence-electron chi connectivity index (χ3n) is 9.02. The molecule has 0 spiro atoms. The van der Waals surface area contributed by atoms with E-state index in [1.807, 2.05) is 0 Å². The summed E-state index contributed by atoms with van der Waals surface area (Å²) in [7, 11) is 0. The molecule has 4 aromatic rings. The van der Waals surface area contributed by atoms with Crippen LogP contribution in [0.1, 0.15) is 68.7 Å². The van der Waals surface area contributed by atoms with E-state index in [4.69, 9.17) is 0 Å². The first kappa shape index (κ1) is 23.2. The largest absolute Gasteiger partial charge is 1.00 e. The minimum absolute atomic E-state index is 0. The van der Waals surface area contributed by atoms with Gasteiger partial charge in [-0.1, -0.05) is 121 Å². The number of fused-ring (bicyclic) bond motifs is 4. The Morgan fingerprint density at radius 2 is 0.579 bits per heavy atom. The Hall–Kier alpha value is -3.91. The van der Waals surface area contributed by atoms with Gasteiger partial charge in [-0.05, 0) is 46.6 Å². The molecule has 4 aliphatic carbocycles. The maximum atomic E-state index is 2.49. The third kappa shape index (κ3) is 3.10. The van der Waals surface area contributed by atoms with E-state index >= 15 is 0 Å². The van der Waals surface area contributed by atoms with Gasteiger partial charge in [0.2, 0.25) is 0 Å². The molecule has 0 N–H and O–H groups in total. The highest BCUT2D eigenvalue weighted by atomic mass is 35.5. The van der Waals surface area contributed by atoms with Crippen molar-refractivity contribution in [2.24, 2.45) is 0 Å². The lowest BCUT2D eigenvalue weighted by Crippen LogP contribution is -3.00. The van der Waals surface area contributed by atoms with Crippen molar-refractivity contribution < 1.29 is 16.9 Å². The molecule has 4 atom stereocenters. The molecule has 0 heterocycles. The van der Waals surface area contributed by atoms with Crippen molar-refractivity contribution in [3.05, 3.63) is 166 Å². The van der Waals surface area contributed by atoms with Crippen LogP contribution in [0.15, 0.2) is 121 Å². The second-order valence-corrected chi connectivity index (χ2v) is 10.6. The smallest absolute Gasteiger partial charge is 0.136 e. The first-order valence-corrected chi connectivity index (χ1v) is 13.3. The monoisotopic (exact) mass is 509 g/mol. The molecule has 2 heteroatoms. The van der Waals surface area contributed by atoms with Crippen molar-refractivity contribution in [2.75, 3.05) is 0 Å². The summed E-state index contributed by atoms with van der Waals surface area (Å²) in [6, 6.07) is 36.9. The number of quaternary nitrogens is 1. The van der Waals surface area contributed by atoms with Crippen molar-refractivity contribution in [2.45, 2.75) is 24.2 Å². The standard InChI is InChI=1S/C36H28N.ClH/c1-5-13-29-25(9-1)17-21-33(29)37(34-22-18-26-10-2-6-14-30(26)34,35-23-19-27-11-3-7-15-31(27)35)36-24-20-28-12-4-8-16-32(28)36;/h1-24,33-36H;1H/q+1;/p-1. The summed E-state index contributed by atoms with van der Waals surface area (Å²) in [5.74, 6) is 0. The van der Waals surface area contributed by atoms with Gasteiger partial charge >= 0.3 is 0 Å². The molecule has 0 radical (unpaired) electrons. The summed E-state index contributed by atoms with van der Waals surface area (Å²) in [5, 5.41) is 0. The van der Waals surface area contributed by atoms with Crippen molar-refractivity contribution in [1.82, 2.24) is 0 Å². The number of benzene rings is 4. The van der Waals surface area contributed by atoms with Crippen molar-refractivity contribution >= 4 is 24.3 Å². The Kier molecular flexibility index (Phi) is 5.40. The van der Waals surface area contributed by atoms with Gasteiger partial charge in [-0.25, -0.2) is 0 Å². The predicted octanol–water partition coefficient (Wildman–Crippen LogP) is 5.88. The maximum absolute atomic E-state index is 2.49. The molecule has 0 fully saturated rings. The van der Waals surface area contributed by atoms with Gasteiger partial charge in [-0.2, -0.15) is 0 Å². The second kappa shape index (κ2) is 8.84. The van der Waals surface area contributed by atoms with Crippen LogP contribution in [-0.4, -0.2) is 4.48 Å². The van der Waals surface area contributed by atoms with Crippen LogP contribution in [0, 0.1) is 0 Å². The topological polar surface area (TPSA) is 0 Å². The number of hydrogen-bond donors (Lipinski definition) is 0. The highest BCUT2D eigenvalue weighted by Crippen LogP contribution is 2.62. The second-order valence-electron chi connectivity index (χ2n) is 10.6. The highest BCUT2D eigenvalue weighted by molar-refractivity contribution is 5.67. The van der Waals surface area contributed by atoms with Gasteiger partial charge in [-0.15, -0.1) is 0 Å². The van der Waals surface area contributed by atoms with Crippen LogP contribution in [0.25, 0.3) is 24.3 Å². The van der Waals surface area contributed by atoms with E-state index in [-0.39, 0.29) is 36.6 Å². The molecule has 8 rings (SSSR count). The van der Waals surface area contributed by atoms with E-state index in [0.717, 1.165) is 4.48 Å². The van der Waals surface area contributed by atoms with E-state index in [9.17, 15) is 0 Å².